The molecule has 0 N–H and O–H groups in total. The second-order valence-electron chi connectivity index (χ2n) is 2.96. The van der Waals surface area contributed by atoms with E-state index in [1.807, 2.05) is 18.2 Å². The van der Waals surface area contributed by atoms with Gasteiger partial charge in [0.2, 0.25) is 0 Å². The second-order valence-corrected chi connectivity index (χ2v) is 3.58. The van der Waals surface area contributed by atoms with Crippen LogP contribution in [0, 0.1) is 0 Å². The zero-order valence-corrected chi connectivity index (χ0v) is 8.20. The van der Waals surface area contributed by atoms with Gasteiger partial charge in [0.1, 0.15) is 0 Å². The lowest BCUT2D eigenvalue weighted by molar-refractivity contribution is 0.731. The summed E-state index contributed by atoms with van der Waals surface area (Å²) in [6.45, 7) is 4.29. The lowest BCUT2D eigenvalue weighted by atomic mass is 9.99. The predicted molar refractivity (Wildman–Crippen MR) is 52.1 cm³/mol. The van der Waals surface area contributed by atoms with Crippen LogP contribution in [-0.4, -0.2) is 0 Å². The number of hydrogen-bond acceptors (Lipinski definition) is 1. The van der Waals surface area contributed by atoms with Gasteiger partial charge in [0, 0.05) is 4.90 Å². The van der Waals surface area contributed by atoms with Crippen molar-refractivity contribution in [3.8, 4) is 0 Å². The predicted octanol–water partition coefficient (Wildman–Crippen LogP) is 4.18. The molecule has 0 saturated carbocycles. The highest BCUT2D eigenvalue weighted by Crippen LogP contribution is 2.25. The molecule has 1 aromatic carbocycles. The van der Waals surface area contributed by atoms with Crippen molar-refractivity contribution in [3.05, 3.63) is 29.8 Å². The van der Waals surface area contributed by atoms with Crippen LogP contribution in [0.5, 0.6) is 0 Å². The van der Waals surface area contributed by atoms with Gasteiger partial charge in [-0.2, -0.15) is 3.89 Å². The highest BCUT2D eigenvalue weighted by Gasteiger charge is 2.03. The maximum atomic E-state index is 12.2. The topological polar surface area (TPSA) is 0 Å². The maximum Gasteiger partial charge on any atom is 0.0812 e. The lowest BCUT2D eigenvalue weighted by Crippen LogP contribution is -1.90. The van der Waals surface area contributed by atoms with Gasteiger partial charge >= 0.3 is 0 Å². The second kappa shape index (κ2) is 4.51. The molecule has 0 heterocycles. The van der Waals surface area contributed by atoms with Crippen LogP contribution in [0.25, 0.3) is 0 Å². The molecule has 0 bridgehead atoms. The summed E-state index contributed by atoms with van der Waals surface area (Å²) in [4.78, 5) is 0.702. The Bertz CT molecular complexity index is 247. The van der Waals surface area contributed by atoms with E-state index in [4.69, 9.17) is 0 Å². The van der Waals surface area contributed by atoms with Crippen LogP contribution >= 0.6 is 12.1 Å². The molecule has 0 spiro atoms. The highest BCUT2D eigenvalue weighted by atomic mass is 32.2. The van der Waals surface area contributed by atoms with E-state index in [-0.39, 0.29) is 0 Å². The molecular weight excluding hydrogens is 171 g/mol. The van der Waals surface area contributed by atoms with E-state index in [1.54, 1.807) is 6.07 Å². The molecular formula is C10H13FS. The van der Waals surface area contributed by atoms with Gasteiger partial charge < -0.3 is 0 Å². The van der Waals surface area contributed by atoms with Crippen LogP contribution < -0.4 is 0 Å². The quantitative estimate of drug-likeness (QED) is 0.679. The van der Waals surface area contributed by atoms with Gasteiger partial charge in [0.25, 0.3) is 0 Å². The normalized spacial score (nSPS) is 12.9. The van der Waals surface area contributed by atoms with Crippen LogP contribution in [0.3, 0.4) is 0 Å². The number of hydrogen-bond donors (Lipinski definition) is 0. The zero-order chi connectivity index (χ0) is 8.97. The highest BCUT2D eigenvalue weighted by molar-refractivity contribution is 7.94. The van der Waals surface area contributed by atoms with Crippen LogP contribution in [0.4, 0.5) is 3.89 Å². The van der Waals surface area contributed by atoms with Crippen molar-refractivity contribution in [3.63, 3.8) is 0 Å². The first-order valence-corrected chi connectivity index (χ1v) is 4.88. The van der Waals surface area contributed by atoms with Crippen molar-refractivity contribution in [2.75, 3.05) is 0 Å². The molecule has 1 rings (SSSR count). The summed E-state index contributed by atoms with van der Waals surface area (Å²) >= 11 is 0.311. The van der Waals surface area contributed by atoms with E-state index < -0.39 is 0 Å². The standard InChI is InChI=1S/C10H13FS/c1-3-8(2)9-5-4-6-10(7-9)12-11/h4-8H,3H2,1-2H3. The molecule has 0 amide bonds. The molecule has 0 aliphatic heterocycles. The summed E-state index contributed by atoms with van der Waals surface area (Å²) in [5.41, 5.74) is 1.22. The van der Waals surface area contributed by atoms with E-state index >= 15 is 0 Å². The molecule has 1 unspecified atom stereocenters. The van der Waals surface area contributed by atoms with Crippen molar-refractivity contribution >= 4 is 12.1 Å². The van der Waals surface area contributed by atoms with Crippen molar-refractivity contribution in [1.82, 2.24) is 0 Å². The molecule has 0 saturated heterocycles. The summed E-state index contributed by atoms with van der Waals surface area (Å²) < 4.78 is 12.2. The smallest absolute Gasteiger partial charge is 0.0812 e. The summed E-state index contributed by atoms with van der Waals surface area (Å²) in [5, 5.41) is 0. The summed E-state index contributed by atoms with van der Waals surface area (Å²) in [5.74, 6) is 0.525. The van der Waals surface area contributed by atoms with Crippen LogP contribution in [0.2, 0.25) is 0 Å². The Labute approximate surface area is 77.5 Å². The molecule has 1 aromatic rings. The third kappa shape index (κ3) is 2.24. The maximum absolute atomic E-state index is 12.2. The van der Waals surface area contributed by atoms with Gasteiger partial charge in [-0.05, 0) is 30.0 Å². The summed E-state index contributed by atoms with van der Waals surface area (Å²) in [7, 11) is 0. The first kappa shape index (κ1) is 9.59. The van der Waals surface area contributed by atoms with Crippen molar-refractivity contribution in [2.24, 2.45) is 0 Å². The van der Waals surface area contributed by atoms with E-state index in [2.05, 4.69) is 13.8 Å². The van der Waals surface area contributed by atoms with Gasteiger partial charge in [0.15, 0.2) is 0 Å². The SMILES string of the molecule is CCC(C)c1cccc(SF)c1. The molecule has 0 aromatic heterocycles. The van der Waals surface area contributed by atoms with Crippen LogP contribution in [-0.2, 0) is 0 Å². The van der Waals surface area contributed by atoms with Crippen molar-refractivity contribution in [1.29, 1.82) is 0 Å². The molecule has 2 heteroatoms. The minimum absolute atomic E-state index is 0.311. The van der Waals surface area contributed by atoms with E-state index in [0.717, 1.165) is 6.42 Å². The summed E-state index contributed by atoms with van der Waals surface area (Å²) in [6.07, 6.45) is 1.10. The Balaban J connectivity index is 2.86. The molecule has 66 valence electrons. The molecule has 0 aliphatic rings. The average Bonchev–Trinajstić information content (AvgIpc) is 2.17. The molecule has 1 atom stereocenters. The number of benzene rings is 1. The first-order valence-electron chi connectivity index (χ1n) is 4.16. The third-order valence-corrected chi connectivity index (χ3v) is 2.56. The van der Waals surface area contributed by atoms with Gasteiger partial charge in [-0.1, -0.05) is 26.0 Å². The lowest BCUT2D eigenvalue weighted by Gasteiger charge is -2.08. The minimum Gasteiger partial charge on any atom is -0.160 e. The Morgan fingerprint density at radius 3 is 2.83 bits per heavy atom. The molecule has 0 radical (unpaired) electrons. The fourth-order valence-corrected chi connectivity index (χ4v) is 1.42. The molecule has 0 fully saturated rings. The zero-order valence-electron chi connectivity index (χ0n) is 7.38. The van der Waals surface area contributed by atoms with E-state index in [1.165, 1.54) is 5.56 Å². The minimum atomic E-state index is 0.311. The molecule has 0 aliphatic carbocycles. The van der Waals surface area contributed by atoms with Gasteiger partial charge in [-0.3, -0.25) is 0 Å². The van der Waals surface area contributed by atoms with Crippen molar-refractivity contribution in [2.45, 2.75) is 31.1 Å². The number of halogens is 1. The van der Waals surface area contributed by atoms with Crippen LogP contribution in [0.1, 0.15) is 31.7 Å². The van der Waals surface area contributed by atoms with Gasteiger partial charge in [-0.15, -0.1) is 0 Å². The monoisotopic (exact) mass is 184 g/mol. The summed E-state index contributed by atoms with van der Waals surface area (Å²) in [6, 6.07) is 7.66. The Hall–Kier alpha value is -0.500. The fraction of sp³-hybridized carbons (Fsp3) is 0.400. The molecule has 12 heavy (non-hydrogen) atoms. The number of rotatable bonds is 3. The first-order chi connectivity index (χ1) is 5.77. The van der Waals surface area contributed by atoms with Gasteiger partial charge in [-0.25, -0.2) is 0 Å². The van der Waals surface area contributed by atoms with Crippen molar-refractivity contribution < 1.29 is 3.89 Å². The Morgan fingerprint density at radius 1 is 1.50 bits per heavy atom. The van der Waals surface area contributed by atoms with E-state index in [9.17, 15) is 3.89 Å². The Morgan fingerprint density at radius 2 is 2.25 bits per heavy atom. The van der Waals surface area contributed by atoms with Crippen LogP contribution in [0.15, 0.2) is 29.2 Å². The Kier molecular flexibility index (Phi) is 3.60. The van der Waals surface area contributed by atoms with Gasteiger partial charge in [0.05, 0.1) is 12.1 Å². The molecule has 0 nitrogen and oxygen atoms in total. The average molecular weight is 184 g/mol. The largest absolute Gasteiger partial charge is 0.160 e. The fourth-order valence-electron chi connectivity index (χ4n) is 1.10. The van der Waals surface area contributed by atoms with E-state index in [0.29, 0.717) is 23.0 Å². The third-order valence-electron chi connectivity index (χ3n) is 2.13.